The van der Waals surface area contributed by atoms with Gasteiger partial charge in [0.1, 0.15) is 0 Å². The van der Waals surface area contributed by atoms with Crippen LogP contribution in [-0.2, 0) is 11.2 Å². The molecule has 0 aliphatic carbocycles. The number of rotatable bonds is 6. The van der Waals surface area contributed by atoms with Gasteiger partial charge in [0.05, 0.1) is 6.04 Å². The van der Waals surface area contributed by atoms with Crippen LogP contribution in [0, 0.1) is 0 Å². The van der Waals surface area contributed by atoms with E-state index in [1.54, 1.807) is 0 Å². The van der Waals surface area contributed by atoms with Crippen LogP contribution in [0.1, 0.15) is 25.3 Å². The average Bonchev–Trinajstić information content (AvgIpc) is 3.01. The number of carbonyl (C=O) groups excluding carboxylic acids is 1. The molecule has 2 rings (SSSR count). The average molecular weight is 272 g/mol. The number of allylic oxidation sites excluding steroid dienone is 1. The van der Waals surface area contributed by atoms with E-state index in [2.05, 4.69) is 23.5 Å². The summed E-state index contributed by atoms with van der Waals surface area (Å²) in [5.74, 6) is 0.246. The van der Waals surface area contributed by atoms with Crippen molar-refractivity contribution in [2.24, 2.45) is 0 Å². The standard InChI is InChI=1S/C17H24N2O/c1-2-3-11-18-16(14-15-9-5-4-6-10-15)17(20)19-12-7-8-13-19/h2-6,9-10,16,18H,7-8,11-14H2,1H3/b3-2-. The lowest BCUT2D eigenvalue weighted by Gasteiger charge is -2.24. The van der Waals surface area contributed by atoms with Crippen LogP contribution in [0.3, 0.4) is 0 Å². The van der Waals surface area contributed by atoms with Crippen LogP contribution >= 0.6 is 0 Å². The molecule has 0 aromatic heterocycles. The third-order valence-corrected chi connectivity index (χ3v) is 3.72. The summed E-state index contributed by atoms with van der Waals surface area (Å²) in [5.41, 5.74) is 1.21. The molecule has 20 heavy (non-hydrogen) atoms. The maximum atomic E-state index is 12.6. The Morgan fingerprint density at radius 3 is 2.65 bits per heavy atom. The number of nitrogens with zero attached hydrogens (tertiary/aromatic N) is 1. The molecule has 1 heterocycles. The summed E-state index contributed by atoms with van der Waals surface area (Å²) < 4.78 is 0. The minimum Gasteiger partial charge on any atom is -0.341 e. The van der Waals surface area contributed by atoms with Crippen LogP contribution in [0.5, 0.6) is 0 Å². The van der Waals surface area contributed by atoms with E-state index in [9.17, 15) is 4.79 Å². The van der Waals surface area contributed by atoms with Gasteiger partial charge in [0.2, 0.25) is 5.91 Å². The van der Waals surface area contributed by atoms with E-state index in [0.717, 1.165) is 38.9 Å². The van der Waals surface area contributed by atoms with Gasteiger partial charge in [-0.15, -0.1) is 0 Å². The molecule has 1 unspecified atom stereocenters. The number of benzene rings is 1. The number of hydrogen-bond donors (Lipinski definition) is 1. The van der Waals surface area contributed by atoms with Crippen molar-refractivity contribution >= 4 is 5.91 Å². The number of likely N-dealkylation sites (tertiary alicyclic amines) is 1. The molecule has 3 nitrogen and oxygen atoms in total. The number of carbonyl (C=O) groups is 1. The molecule has 1 fully saturated rings. The van der Waals surface area contributed by atoms with Gasteiger partial charge in [-0.25, -0.2) is 0 Å². The van der Waals surface area contributed by atoms with Crippen molar-refractivity contribution in [1.29, 1.82) is 0 Å². The first-order chi connectivity index (χ1) is 9.81. The van der Waals surface area contributed by atoms with Crippen LogP contribution in [0.2, 0.25) is 0 Å². The Kier molecular flexibility index (Phi) is 5.81. The maximum Gasteiger partial charge on any atom is 0.240 e. The molecule has 0 radical (unpaired) electrons. The fourth-order valence-electron chi connectivity index (χ4n) is 2.58. The van der Waals surface area contributed by atoms with Gasteiger partial charge in [-0.3, -0.25) is 4.79 Å². The minimum absolute atomic E-state index is 0.119. The molecule has 1 N–H and O–H groups in total. The Morgan fingerprint density at radius 1 is 1.30 bits per heavy atom. The Labute approximate surface area is 121 Å². The van der Waals surface area contributed by atoms with Crippen molar-refractivity contribution < 1.29 is 4.79 Å². The number of hydrogen-bond acceptors (Lipinski definition) is 2. The highest BCUT2D eigenvalue weighted by atomic mass is 16.2. The van der Waals surface area contributed by atoms with E-state index in [4.69, 9.17) is 0 Å². The van der Waals surface area contributed by atoms with E-state index < -0.39 is 0 Å². The first kappa shape index (κ1) is 14.8. The predicted octanol–water partition coefficient (Wildman–Crippen LogP) is 2.39. The summed E-state index contributed by atoms with van der Waals surface area (Å²) in [5, 5.41) is 3.37. The van der Waals surface area contributed by atoms with Gasteiger partial charge < -0.3 is 10.2 Å². The second-order valence-electron chi connectivity index (χ2n) is 5.25. The van der Waals surface area contributed by atoms with Gasteiger partial charge in [-0.1, -0.05) is 42.5 Å². The lowest BCUT2D eigenvalue weighted by atomic mass is 10.0. The fraction of sp³-hybridized carbons (Fsp3) is 0.471. The van der Waals surface area contributed by atoms with Gasteiger partial charge in [-0.05, 0) is 31.7 Å². The number of nitrogens with one attached hydrogen (secondary N) is 1. The Bertz CT molecular complexity index is 436. The highest BCUT2D eigenvalue weighted by Gasteiger charge is 2.25. The molecule has 108 valence electrons. The predicted molar refractivity (Wildman–Crippen MR) is 82.6 cm³/mol. The molecular formula is C17H24N2O. The number of amides is 1. The zero-order chi connectivity index (χ0) is 14.2. The molecule has 1 aliphatic heterocycles. The second-order valence-corrected chi connectivity index (χ2v) is 5.25. The summed E-state index contributed by atoms with van der Waals surface area (Å²) >= 11 is 0. The van der Waals surface area contributed by atoms with Crippen LogP contribution in [-0.4, -0.2) is 36.5 Å². The molecular weight excluding hydrogens is 248 g/mol. The van der Waals surface area contributed by atoms with E-state index in [1.807, 2.05) is 36.1 Å². The van der Waals surface area contributed by atoms with Gasteiger partial charge in [0.15, 0.2) is 0 Å². The molecule has 3 heteroatoms. The Hall–Kier alpha value is -1.61. The molecule has 0 bridgehead atoms. The fourth-order valence-corrected chi connectivity index (χ4v) is 2.58. The van der Waals surface area contributed by atoms with Crippen LogP contribution < -0.4 is 5.32 Å². The van der Waals surface area contributed by atoms with Gasteiger partial charge in [0, 0.05) is 19.6 Å². The maximum absolute atomic E-state index is 12.6. The topological polar surface area (TPSA) is 32.3 Å². The first-order valence-electron chi connectivity index (χ1n) is 7.48. The molecule has 1 aromatic carbocycles. The largest absolute Gasteiger partial charge is 0.341 e. The van der Waals surface area contributed by atoms with Gasteiger partial charge in [-0.2, -0.15) is 0 Å². The Morgan fingerprint density at radius 2 is 2.00 bits per heavy atom. The smallest absolute Gasteiger partial charge is 0.240 e. The van der Waals surface area contributed by atoms with Gasteiger partial charge in [0.25, 0.3) is 0 Å². The van der Waals surface area contributed by atoms with E-state index in [0.29, 0.717) is 0 Å². The lowest BCUT2D eigenvalue weighted by Crippen LogP contribution is -2.46. The van der Waals surface area contributed by atoms with E-state index >= 15 is 0 Å². The van der Waals surface area contributed by atoms with Crippen molar-refractivity contribution in [2.75, 3.05) is 19.6 Å². The normalized spacial score (nSPS) is 16.8. The van der Waals surface area contributed by atoms with Crippen LogP contribution in [0.25, 0.3) is 0 Å². The second kappa shape index (κ2) is 7.85. The summed E-state index contributed by atoms with van der Waals surface area (Å²) in [4.78, 5) is 14.6. The minimum atomic E-state index is -0.119. The highest BCUT2D eigenvalue weighted by Crippen LogP contribution is 2.12. The lowest BCUT2D eigenvalue weighted by molar-refractivity contribution is -0.132. The monoisotopic (exact) mass is 272 g/mol. The summed E-state index contributed by atoms with van der Waals surface area (Å²) in [6.45, 7) is 4.56. The molecule has 1 saturated heterocycles. The van der Waals surface area contributed by atoms with Crippen molar-refractivity contribution in [3.05, 3.63) is 48.0 Å². The zero-order valence-corrected chi connectivity index (χ0v) is 12.2. The molecule has 1 aliphatic rings. The van der Waals surface area contributed by atoms with E-state index in [-0.39, 0.29) is 11.9 Å². The van der Waals surface area contributed by atoms with Crippen molar-refractivity contribution in [3.63, 3.8) is 0 Å². The molecule has 1 amide bonds. The third kappa shape index (κ3) is 4.20. The SMILES string of the molecule is C/C=C\CNC(Cc1ccccc1)C(=O)N1CCCC1. The zero-order valence-electron chi connectivity index (χ0n) is 12.2. The van der Waals surface area contributed by atoms with Crippen molar-refractivity contribution in [1.82, 2.24) is 10.2 Å². The van der Waals surface area contributed by atoms with Gasteiger partial charge >= 0.3 is 0 Å². The highest BCUT2D eigenvalue weighted by molar-refractivity contribution is 5.82. The third-order valence-electron chi connectivity index (χ3n) is 3.72. The molecule has 1 atom stereocenters. The summed E-state index contributed by atoms with van der Waals surface area (Å²) in [6.07, 6.45) is 7.09. The molecule has 0 saturated carbocycles. The van der Waals surface area contributed by atoms with Crippen molar-refractivity contribution in [3.8, 4) is 0 Å². The first-order valence-corrected chi connectivity index (χ1v) is 7.48. The van der Waals surface area contributed by atoms with Crippen LogP contribution in [0.4, 0.5) is 0 Å². The van der Waals surface area contributed by atoms with Crippen molar-refractivity contribution in [2.45, 2.75) is 32.2 Å². The summed E-state index contributed by atoms with van der Waals surface area (Å²) in [6, 6.07) is 10.1. The molecule has 1 aromatic rings. The van der Waals surface area contributed by atoms with Crippen LogP contribution in [0.15, 0.2) is 42.5 Å². The van der Waals surface area contributed by atoms with E-state index in [1.165, 1.54) is 5.56 Å². The quantitative estimate of drug-likeness (QED) is 0.806. The molecule has 0 spiro atoms. The Balaban J connectivity index is 2.01. The summed E-state index contributed by atoms with van der Waals surface area (Å²) in [7, 11) is 0.